The molecule has 0 aliphatic heterocycles. The van der Waals surface area contributed by atoms with E-state index in [0.717, 1.165) is 5.56 Å². The molecule has 9 heteroatoms. The lowest BCUT2D eigenvalue weighted by Gasteiger charge is -2.25. The van der Waals surface area contributed by atoms with Crippen molar-refractivity contribution in [1.82, 2.24) is 10.2 Å². The quantitative estimate of drug-likeness (QED) is 0.670. The number of nitrogens with one attached hydrogen (secondary N) is 1. The van der Waals surface area contributed by atoms with Crippen molar-refractivity contribution in [2.75, 3.05) is 33.5 Å². The van der Waals surface area contributed by atoms with Crippen LogP contribution in [-0.2, 0) is 0 Å². The molecule has 5 nitrogen and oxygen atoms in total. The summed E-state index contributed by atoms with van der Waals surface area (Å²) < 4.78 is 18.3. The summed E-state index contributed by atoms with van der Waals surface area (Å²) in [7, 11) is 5.24. The van der Waals surface area contributed by atoms with Crippen LogP contribution in [0.4, 0.5) is 10.1 Å². The van der Waals surface area contributed by atoms with E-state index < -0.39 is 0 Å². The monoisotopic (exact) mass is 437 g/mol. The van der Waals surface area contributed by atoms with E-state index in [1.54, 1.807) is 12.1 Å². The molecular formula is C18H23Cl3FN3O2. The number of ether oxygens (including phenoxy) is 1. The molecule has 0 saturated heterocycles. The van der Waals surface area contributed by atoms with E-state index in [1.807, 2.05) is 19.0 Å². The number of anilines is 1. The fourth-order valence-electron chi connectivity index (χ4n) is 2.48. The topological polar surface area (TPSA) is 67.6 Å². The molecule has 0 aliphatic rings. The standard InChI is InChI=1S/C18H21ClFN3O2.2ClH/c1-23(2)16(11-4-6-12(20)7-5-11)10-22-18(24)13-8-14(19)15(21)9-17(13)25-3;;/h4-9,16H,10,21H2,1-3H3,(H,22,24);2*1H. The molecule has 3 N–H and O–H groups in total. The molecule has 1 atom stereocenters. The Kier molecular flexibility index (Phi) is 10.5. The summed E-state index contributed by atoms with van der Waals surface area (Å²) in [5.74, 6) is -0.276. The predicted molar refractivity (Wildman–Crippen MR) is 112 cm³/mol. The van der Waals surface area contributed by atoms with Gasteiger partial charge in [0.15, 0.2) is 0 Å². The third kappa shape index (κ3) is 6.43. The van der Waals surface area contributed by atoms with Gasteiger partial charge in [-0.15, -0.1) is 24.8 Å². The van der Waals surface area contributed by atoms with Gasteiger partial charge in [0, 0.05) is 12.6 Å². The van der Waals surface area contributed by atoms with Crippen LogP contribution in [0.15, 0.2) is 36.4 Å². The summed E-state index contributed by atoms with van der Waals surface area (Å²) in [6.07, 6.45) is 0. The van der Waals surface area contributed by atoms with Gasteiger partial charge in [-0.3, -0.25) is 4.79 Å². The number of amides is 1. The molecule has 2 aromatic rings. The first-order valence-electron chi connectivity index (χ1n) is 7.66. The molecule has 2 aromatic carbocycles. The second-order valence-electron chi connectivity index (χ2n) is 5.81. The molecule has 0 aliphatic carbocycles. The summed E-state index contributed by atoms with van der Waals surface area (Å²) in [6, 6.07) is 9.08. The van der Waals surface area contributed by atoms with Crippen LogP contribution in [0.3, 0.4) is 0 Å². The van der Waals surface area contributed by atoms with Gasteiger partial charge in [0.1, 0.15) is 11.6 Å². The van der Waals surface area contributed by atoms with E-state index >= 15 is 0 Å². The number of hydrogen-bond donors (Lipinski definition) is 2. The van der Waals surface area contributed by atoms with Crippen LogP contribution >= 0.6 is 36.4 Å². The molecular weight excluding hydrogens is 416 g/mol. The van der Waals surface area contributed by atoms with Gasteiger partial charge >= 0.3 is 0 Å². The third-order valence-electron chi connectivity index (χ3n) is 3.90. The molecule has 0 fully saturated rings. The van der Waals surface area contributed by atoms with E-state index in [0.29, 0.717) is 23.5 Å². The number of halogens is 4. The Bertz CT molecular complexity index is 758. The molecule has 150 valence electrons. The molecule has 0 radical (unpaired) electrons. The van der Waals surface area contributed by atoms with Crippen LogP contribution in [0.25, 0.3) is 0 Å². The molecule has 0 saturated carbocycles. The van der Waals surface area contributed by atoms with Crippen LogP contribution in [0.1, 0.15) is 22.0 Å². The maximum Gasteiger partial charge on any atom is 0.255 e. The maximum atomic E-state index is 13.1. The van der Waals surface area contributed by atoms with Crippen LogP contribution in [0, 0.1) is 5.82 Å². The average molecular weight is 439 g/mol. The molecule has 1 amide bonds. The van der Waals surface area contributed by atoms with Crippen molar-refractivity contribution in [2.45, 2.75) is 6.04 Å². The van der Waals surface area contributed by atoms with Crippen molar-refractivity contribution in [3.8, 4) is 5.75 Å². The minimum atomic E-state index is -0.326. The first kappa shape index (κ1) is 25.3. The number of likely N-dealkylation sites (N-methyl/N-ethyl adjacent to an activating group) is 1. The summed E-state index contributed by atoms with van der Waals surface area (Å²) >= 11 is 6.01. The zero-order valence-electron chi connectivity index (χ0n) is 15.2. The Morgan fingerprint density at radius 3 is 2.37 bits per heavy atom. The van der Waals surface area contributed by atoms with Crippen LogP contribution in [-0.4, -0.2) is 38.6 Å². The Labute approximate surface area is 175 Å². The number of rotatable bonds is 6. The van der Waals surface area contributed by atoms with Crippen LogP contribution in [0.5, 0.6) is 5.75 Å². The number of hydrogen-bond acceptors (Lipinski definition) is 4. The number of nitrogens with zero attached hydrogens (tertiary/aromatic N) is 1. The van der Waals surface area contributed by atoms with E-state index in [9.17, 15) is 9.18 Å². The van der Waals surface area contributed by atoms with Crippen LogP contribution < -0.4 is 15.8 Å². The normalized spacial score (nSPS) is 11.2. The van der Waals surface area contributed by atoms with Crippen molar-refractivity contribution in [1.29, 1.82) is 0 Å². The molecule has 1 unspecified atom stereocenters. The number of carbonyl (C=O) groups is 1. The number of carbonyl (C=O) groups excluding carboxylic acids is 1. The molecule has 2 rings (SSSR count). The van der Waals surface area contributed by atoms with E-state index in [4.69, 9.17) is 22.1 Å². The fourth-order valence-corrected chi connectivity index (χ4v) is 2.65. The van der Waals surface area contributed by atoms with Gasteiger partial charge in [0.25, 0.3) is 5.91 Å². The number of nitrogen functional groups attached to an aromatic ring is 1. The van der Waals surface area contributed by atoms with Crippen molar-refractivity contribution < 1.29 is 13.9 Å². The zero-order valence-corrected chi connectivity index (χ0v) is 17.6. The highest BCUT2D eigenvalue weighted by Gasteiger charge is 2.19. The first-order valence-corrected chi connectivity index (χ1v) is 8.04. The highest BCUT2D eigenvalue weighted by atomic mass is 35.5. The largest absolute Gasteiger partial charge is 0.496 e. The van der Waals surface area contributed by atoms with Gasteiger partial charge in [0.2, 0.25) is 0 Å². The van der Waals surface area contributed by atoms with Gasteiger partial charge in [-0.05, 0) is 37.9 Å². The summed E-state index contributed by atoms with van der Waals surface area (Å²) in [5.41, 5.74) is 7.28. The van der Waals surface area contributed by atoms with Crippen molar-refractivity contribution in [3.63, 3.8) is 0 Å². The summed E-state index contributed by atoms with van der Waals surface area (Å²) in [5, 5.41) is 3.15. The maximum absolute atomic E-state index is 13.1. The average Bonchev–Trinajstić information content (AvgIpc) is 2.58. The van der Waals surface area contributed by atoms with E-state index in [1.165, 1.54) is 31.4 Å². The van der Waals surface area contributed by atoms with Crippen molar-refractivity contribution >= 4 is 48.0 Å². The zero-order chi connectivity index (χ0) is 18.6. The molecule has 0 bridgehead atoms. The molecule has 0 heterocycles. The Morgan fingerprint density at radius 1 is 1.26 bits per heavy atom. The minimum absolute atomic E-state index is 0. The van der Waals surface area contributed by atoms with E-state index in [-0.39, 0.29) is 47.6 Å². The highest BCUT2D eigenvalue weighted by Crippen LogP contribution is 2.29. The lowest BCUT2D eigenvalue weighted by Crippen LogP contribution is -2.34. The lowest BCUT2D eigenvalue weighted by atomic mass is 10.1. The fraction of sp³-hybridized carbons (Fsp3) is 0.278. The van der Waals surface area contributed by atoms with Crippen molar-refractivity contribution in [3.05, 3.63) is 58.4 Å². The Hall–Kier alpha value is -1.73. The van der Waals surface area contributed by atoms with Gasteiger partial charge in [-0.2, -0.15) is 0 Å². The van der Waals surface area contributed by atoms with Gasteiger partial charge in [-0.25, -0.2) is 4.39 Å². The number of benzene rings is 2. The Morgan fingerprint density at radius 2 is 1.85 bits per heavy atom. The van der Waals surface area contributed by atoms with Crippen LogP contribution in [0.2, 0.25) is 5.02 Å². The van der Waals surface area contributed by atoms with E-state index in [2.05, 4.69) is 5.32 Å². The molecule has 0 spiro atoms. The first-order chi connectivity index (χ1) is 11.8. The predicted octanol–water partition coefficient (Wildman–Crippen LogP) is 3.95. The van der Waals surface area contributed by atoms with Gasteiger partial charge < -0.3 is 20.7 Å². The summed E-state index contributed by atoms with van der Waals surface area (Å²) in [4.78, 5) is 14.5. The number of nitrogens with two attached hydrogens (primary N) is 1. The SMILES string of the molecule is COc1cc(N)c(Cl)cc1C(=O)NCC(c1ccc(F)cc1)N(C)C.Cl.Cl. The second kappa shape index (κ2) is 11.2. The van der Waals surface area contributed by atoms with Crippen molar-refractivity contribution in [2.24, 2.45) is 0 Å². The number of methoxy groups -OCH3 is 1. The highest BCUT2D eigenvalue weighted by molar-refractivity contribution is 6.33. The van der Waals surface area contributed by atoms with Gasteiger partial charge in [-0.1, -0.05) is 23.7 Å². The smallest absolute Gasteiger partial charge is 0.255 e. The third-order valence-corrected chi connectivity index (χ3v) is 4.22. The summed E-state index contributed by atoms with van der Waals surface area (Å²) in [6.45, 7) is 0.336. The lowest BCUT2D eigenvalue weighted by molar-refractivity contribution is 0.0939. The van der Waals surface area contributed by atoms with Gasteiger partial charge in [0.05, 0.1) is 29.4 Å². The minimum Gasteiger partial charge on any atom is -0.496 e. The Balaban J connectivity index is 0.00000338. The second-order valence-corrected chi connectivity index (χ2v) is 6.22. The molecule has 27 heavy (non-hydrogen) atoms. The molecule has 0 aromatic heterocycles.